The Morgan fingerprint density at radius 2 is 2.06 bits per heavy atom. The van der Waals surface area contributed by atoms with Gasteiger partial charge in [0.15, 0.2) is 0 Å². The van der Waals surface area contributed by atoms with Gasteiger partial charge >= 0.3 is 0 Å². The molecule has 1 aliphatic carbocycles. The van der Waals surface area contributed by atoms with Crippen molar-refractivity contribution in [2.75, 3.05) is 33.4 Å². The van der Waals surface area contributed by atoms with Crippen LogP contribution >= 0.6 is 0 Å². The minimum Gasteiger partial charge on any atom is -0.383 e. The predicted molar refractivity (Wildman–Crippen MR) is 68.5 cm³/mol. The Kier molecular flexibility index (Phi) is 6.03. The minimum atomic E-state index is 0.104. The molecular weight excluding hydrogens is 200 g/mol. The summed E-state index contributed by atoms with van der Waals surface area (Å²) < 4.78 is 5.11. The molecule has 16 heavy (non-hydrogen) atoms. The summed E-state index contributed by atoms with van der Waals surface area (Å²) in [6, 6.07) is 0. The summed E-state index contributed by atoms with van der Waals surface area (Å²) in [6.07, 6.45) is 8.04. The van der Waals surface area contributed by atoms with Crippen LogP contribution in [0.25, 0.3) is 0 Å². The lowest BCUT2D eigenvalue weighted by atomic mass is 9.94. The summed E-state index contributed by atoms with van der Waals surface area (Å²) in [6.45, 7) is 7.54. The molecule has 1 saturated carbocycles. The Morgan fingerprint density at radius 1 is 1.38 bits per heavy atom. The number of rotatable bonds is 8. The average molecular weight is 226 g/mol. The summed E-state index contributed by atoms with van der Waals surface area (Å²) >= 11 is 0. The summed E-state index contributed by atoms with van der Waals surface area (Å²) in [5.41, 5.74) is 6.45. The van der Waals surface area contributed by atoms with Gasteiger partial charge in [-0.1, -0.05) is 18.9 Å². The highest BCUT2D eigenvalue weighted by Crippen LogP contribution is 2.30. The fourth-order valence-electron chi connectivity index (χ4n) is 2.41. The van der Waals surface area contributed by atoms with E-state index in [4.69, 9.17) is 10.5 Å². The van der Waals surface area contributed by atoms with Gasteiger partial charge in [-0.05, 0) is 19.3 Å². The molecule has 0 bridgehead atoms. The third-order valence-corrected chi connectivity index (χ3v) is 3.52. The van der Waals surface area contributed by atoms with Gasteiger partial charge in [0.05, 0.1) is 6.61 Å². The summed E-state index contributed by atoms with van der Waals surface area (Å²) in [7, 11) is 1.74. The molecule has 3 nitrogen and oxygen atoms in total. The molecule has 0 spiro atoms. The van der Waals surface area contributed by atoms with E-state index in [0.29, 0.717) is 0 Å². The molecule has 0 aromatic rings. The van der Waals surface area contributed by atoms with Crippen molar-refractivity contribution in [1.29, 1.82) is 0 Å². The molecular formula is C13H26N2O. The maximum Gasteiger partial charge on any atom is 0.0589 e. The van der Waals surface area contributed by atoms with Crippen LogP contribution in [-0.4, -0.2) is 43.8 Å². The van der Waals surface area contributed by atoms with Gasteiger partial charge in [0.2, 0.25) is 0 Å². The zero-order valence-corrected chi connectivity index (χ0v) is 10.6. The van der Waals surface area contributed by atoms with Crippen LogP contribution in [0.5, 0.6) is 0 Å². The average Bonchev–Trinajstić information content (AvgIpc) is 2.70. The van der Waals surface area contributed by atoms with Gasteiger partial charge in [0.25, 0.3) is 0 Å². The van der Waals surface area contributed by atoms with Crippen molar-refractivity contribution in [2.24, 2.45) is 5.73 Å². The highest BCUT2D eigenvalue weighted by molar-refractivity contribution is 4.90. The molecule has 0 unspecified atom stereocenters. The van der Waals surface area contributed by atoms with Crippen molar-refractivity contribution < 1.29 is 4.74 Å². The second-order valence-corrected chi connectivity index (χ2v) is 4.90. The van der Waals surface area contributed by atoms with Gasteiger partial charge < -0.3 is 10.5 Å². The normalized spacial score (nSPS) is 19.2. The molecule has 2 N–H and O–H groups in total. The number of hydrogen-bond acceptors (Lipinski definition) is 3. The van der Waals surface area contributed by atoms with Crippen molar-refractivity contribution in [2.45, 2.75) is 37.6 Å². The lowest BCUT2D eigenvalue weighted by Gasteiger charge is -2.28. The molecule has 1 rings (SSSR count). The zero-order valence-electron chi connectivity index (χ0n) is 10.6. The maximum atomic E-state index is 6.35. The van der Waals surface area contributed by atoms with Crippen molar-refractivity contribution in [3.8, 4) is 0 Å². The van der Waals surface area contributed by atoms with Crippen LogP contribution in [0.4, 0.5) is 0 Å². The van der Waals surface area contributed by atoms with E-state index in [-0.39, 0.29) is 5.54 Å². The Morgan fingerprint density at radius 3 is 2.62 bits per heavy atom. The molecule has 0 radical (unpaired) electrons. The van der Waals surface area contributed by atoms with E-state index in [9.17, 15) is 0 Å². The Hall–Kier alpha value is -0.380. The molecule has 0 saturated heterocycles. The van der Waals surface area contributed by atoms with E-state index in [0.717, 1.165) is 32.7 Å². The van der Waals surface area contributed by atoms with Crippen LogP contribution in [-0.2, 0) is 4.74 Å². The zero-order chi connectivity index (χ0) is 11.9. The van der Waals surface area contributed by atoms with Gasteiger partial charge in [-0.25, -0.2) is 0 Å². The highest BCUT2D eigenvalue weighted by atomic mass is 16.5. The van der Waals surface area contributed by atoms with Crippen molar-refractivity contribution in [3.63, 3.8) is 0 Å². The van der Waals surface area contributed by atoms with Gasteiger partial charge in [-0.3, -0.25) is 4.90 Å². The Labute approximate surface area is 99.6 Å². The van der Waals surface area contributed by atoms with Crippen LogP contribution in [0.2, 0.25) is 0 Å². The number of methoxy groups -OCH3 is 1. The monoisotopic (exact) mass is 226 g/mol. The number of ether oxygens (including phenoxy) is 1. The van der Waals surface area contributed by atoms with Gasteiger partial charge in [-0.15, -0.1) is 6.58 Å². The summed E-state index contributed by atoms with van der Waals surface area (Å²) in [5, 5.41) is 0. The molecule has 0 aliphatic heterocycles. The van der Waals surface area contributed by atoms with E-state index in [2.05, 4.69) is 11.5 Å². The standard InChI is InChI=1S/C13H26N2O/c1-3-9-15(11-12-16-2)10-8-13(14)6-4-5-7-13/h3H,1,4-12,14H2,2H3. The van der Waals surface area contributed by atoms with E-state index in [1.165, 1.54) is 25.7 Å². The Bertz CT molecular complexity index is 200. The molecule has 0 aromatic heterocycles. The van der Waals surface area contributed by atoms with Crippen molar-refractivity contribution in [1.82, 2.24) is 4.90 Å². The fourth-order valence-corrected chi connectivity index (χ4v) is 2.41. The molecule has 0 atom stereocenters. The van der Waals surface area contributed by atoms with E-state index in [1.54, 1.807) is 7.11 Å². The lowest BCUT2D eigenvalue weighted by molar-refractivity contribution is 0.148. The first-order chi connectivity index (χ1) is 7.70. The Balaban J connectivity index is 2.27. The van der Waals surface area contributed by atoms with E-state index >= 15 is 0 Å². The largest absolute Gasteiger partial charge is 0.383 e. The number of nitrogens with zero attached hydrogens (tertiary/aromatic N) is 1. The first-order valence-electron chi connectivity index (χ1n) is 6.31. The smallest absolute Gasteiger partial charge is 0.0589 e. The van der Waals surface area contributed by atoms with E-state index < -0.39 is 0 Å². The van der Waals surface area contributed by atoms with E-state index in [1.807, 2.05) is 6.08 Å². The second-order valence-electron chi connectivity index (χ2n) is 4.90. The van der Waals surface area contributed by atoms with Crippen LogP contribution < -0.4 is 5.73 Å². The maximum absolute atomic E-state index is 6.35. The molecule has 1 fully saturated rings. The van der Waals surface area contributed by atoms with Crippen LogP contribution in [0, 0.1) is 0 Å². The molecule has 1 aliphatic rings. The van der Waals surface area contributed by atoms with Crippen molar-refractivity contribution >= 4 is 0 Å². The predicted octanol–water partition coefficient (Wildman–Crippen LogP) is 1.78. The third-order valence-electron chi connectivity index (χ3n) is 3.52. The van der Waals surface area contributed by atoms with Crippen LogP contribution in [0.3, 0.4) is 0 Å². The molecule has 0 amide bonds. The van der Waals surface area contributed by atoms with Crippen LogP contribution in [0.1, 0.15) is 32.1 Å². The minimum absolute atomic E-state index is 0.104. The molecule has 3 heteroatoms. The quantitative estimate of drug-likeness (QED) is 0.641. The fraction of sp³-hybridized carbons (Fsp3) is 0.846. The molecule has 0 heterocycles. The SMILES string of the molecule is C=CCN(CCOC)CCC1(N)CCCC1. The number of nitrogens with two attached hydrogens (primary N) is 1. The highest BCUT2D eigenvalue weighted by Gasteiger charge is 2.29. The molecule has 0 aromatic carbocycles. The van der Waals surface area contributed by atoms with Crippen LogP contribution in [0.15, 0.2) is 12.7 Å². The third kappa shape index (κ3) is 4.64. The number of hydrogen-bond donors (Lipinski definition) is 1. The molecule has 94 valence electrons. The topological polar surface area (TPSA) is 38.5 Å². The first kappa shape index (κ1) is 13.7. The summed E-state index contributed by atoms with van der Waals surface area (Å²) in [5.74, 6) is 0. The summed E-state index contributed by atoms with van der Waals surface area (Å²) in [4.78, 5) is 2.36. The second kappa shape index (κ2) is 7.05. The van der Waals surface area contributed by atoms with Crippen molar-refractivity contribution in [3.05, 3.63) is 12.7 Å². The van der Waals surface area contributed by atoms with Gasteiger partial charge in [-0.2, -0.15) is 0 Å². The van der Waals surface area contributed by atoms with Gasteiger partial charge in [0, 0.05) is 32.3 Å². The van der Waals surface area contributed by atoms with Gasteiger partial charge in [0.1, 0.15) is 0 Å². The first-order valence-corrected chi connectivity index (χ1v) is 6.31. The lowest BCUT2D eigenvalue weighted by Crippen LogP contribution is -2.41.